The van der Waals surface area contributed by atoms with Gasteiger partial charge in [0.25, 0.3) is 0 Å². The zero-order chi connectivity index (χ0) is 14.1. The fraction of sp³-hybridized carbons (Fsp3) is 0.714. The number of fused-ring (bicyclic) bond motifs is 1. The second-order valence-electron chi connectivity index (χ2n) is 5.72. The van der Waals surface area contributed by atoms with Gasteiger partial charge in [-0.2, -0.15) is 5.10 Å². The first-order chi connectivity index (χ1) is 9.69. The maximum Gasteiger partial charge on any atom is 0.241 e. The number of aromatic nitrogens is 2. The van der Waals surface area contributed by atoms with Crippen LogP contribution in [0.3, 0.4) is 0 Å². The van der Waals surface area contributed by atoms with Crippen molar-refractivity contribution in [3.8, 4) is 0 Å². The van der Waals surface area contributed by atoms with Crippen LogP contribution in [0.1, 0.15) is 12.0 Å². The number of rotatable bonds is 5. The molecule has 0 bridgehead atoms. The highest BCUT2D eigenvalue weighted by Gasteiger charge is 2.54. The molecule has 1 aliphatic heterocycles. The van der Waals surface area contributed by atoms with E-state index < -0.39 is 0 Å². The molecule has 2 fully saturated rings. The number of nitrogens with one attached hydrogen (secondary N) is 1. The van der Waals surface area contributed by atoms with Gasteiger partial charge >= 0.3 is 0 Å². The monoisotopic (exact) mass is 279 g/mol. The first kappa shape index (κ1) is 13.6. The average Bonchev–Trinajstić information content (AvgIpc) is 3.00. The molecule has 1 aromatic rings. The van der Waals surface area contributed by atoms with Gasteiger partial charge in [-0.15, -0.1) is 0 Å². The molecule has 110 valence electrons. The number of hydrogen-bond acceptors (Lipinski definition) is 4. The lowest BCUT2D eigenvalue weighted by Gasteiger charge is -2.47. The Balaban J connectivity index is 1.57. The van der Waals surface area contributed by atoms with E-state index in [1.165, 1.54) is 0 Å². The van der Waals surface area contributed by atoms with Gasteiger partial charge in [0.05, 0.1) is 18.9 Å². The number of ether oxygens (including phenoxy) is 2. The second kappa shape index (κ2) is 5.54. The van der Waals surface area contributed by atoms with Crippen molar-refractivity contribution in [1.82, 2.24) is 15.1 Å². The van der Waals surface area contributed by atoms with E-state index in [4.69, 9.17) is 9.47 Å². The summed E-state index contributed by atoms with van der Waals surface area (Å²) >= 11 is 0. The van der Waals surface area contributed by atoms with E-state index in [1.54, 1.807) is 18.0 Å². The van der Waals surface area contributed by atoms with Crippen molar-refractivity contribution in [2.45, 2.75) is 32.0 Å². The number of carbonyl (C=O) groups is 1. The third-order valence-corrected chi connectivity index (χ3v) is 4.28. The SMILES string of the molecule is COC[C@H]1[C@@H](NC(=O)Cn2cc(C)cn2)[C@H]2CCO[C@H]21. The molecule has 2 heterocycles. The quantitative estimate of drug-likeness (QED) is 0.845. The van der Waals surface area contributed by atoms with Gasteiger partial charge in [0.1, 0.15) is 6.54 Å². The summed E-state index contributed by atoms with van der Waals surface area (Å²) in [6, 6.07) is 0.173. The van der Waals surface area contributed by atoms with Crippen molar-refractivity contribution >= 4 is 5.91 Å². The highest BCUT2D eigenvalue weighted by Crippen LogP contribution is 2.43. The summed E-state index contributed by atoms with van der Waals surface area (Å²) in [6.45, 7) is 3.65. The summed E-state index contributed by atoms with van der Waals surface area (Å²) in [6.07, 6.45) is 4.91. The summed E-state index contributed by atoms with van der Waals surface area (Å²) in [5.41, 5.74) is 1.06. The molecular formula is C14H21N3O3. The Morgan fingerprint density at radius 1 is 1.65 bits per heavy atom. The second-order valence-corrected chi connectivity index (χ2v) is 5.72. The van der Waals surface area contributed by atoms with Gasteiger partial charge in [0, 0.05) is 37.8 Å². The van der Waals surface area contributed by atoms with Crippen LogP contribution < -0.4 is 5.32 Å². The van der Waals surface area contributed by atoms with E-state index in [1.807, 2.05) is 13.1 Å². The van der Waals surface area contributed by atoms with Gasteiger partial charge in [0.2, 0.25) is 5.91 Å². The summed E-state index contributed by atoms with van der Waals surface area (Å²) < 4.78 is 12.6. The van der Waals surface area contributed by atoms with Gasteiger partial charge in [-0.25, -0.2) is 0 Å². The van der Waals surface area contributed by atoms with Crippen molar-refractivity contribution in [2.24, 2.45) is 11.8 Å². The minimum absolute atomic E-state index is 0.00422. The highest BCUT2D eigenvalue weighted by atomic mass is 16.5. The van der Waals surface area contributed by atoms with Crippen LogP contribution in [0.4, 0.5) is 0 Å². The van der Waals surface area contributed by atoms with Gasteiger partial charge in [-0.3, -0.25) is 9.48 Å². The predicted molar refractivity (Wildman–Crippen MR) is 72.1 cm³/mol. The van der Waals surface area contributed by atoms with Crippen molar-refractivity contribution in [1.29, 1.82) is 0 Å². The number of nitrogens with zero attached hydrogens (tertiary/aromatic N) is 2. The molecule has 6 nitrogen and oxygen atoms in total. The van der Waals surface area contributed by atoms with Crippen LogP contribution in [0.15, 0.2) is 12.4 Å². The van der Waals surface area contributed by atoms with Crippen LogP contribution in [-0.4, -0.2) is 48.2 Å². The number of carbonyl (C=O) groups excluding carboxylic acids is 1. The molecule has 1 saturated heterocycles. The molecule has 1 N–H and O–H groups in total. The van der Waals surface area contributed by atoms with E-state index in [9.17, 15) is 4.79 Å². The molecular weight excluding hydrogens is 258 g/mol. The number of amides is 1. The minimum atomic E-state index is 0.00422. The molecule has 1 saturated carbocycles. The Kier molecular flexibility index (Phi) is 3.76. The number of hydrogen-bond donors (Lipinski definition) is 1. The Labute approximate surface area is 118 Å². The lowest BCUT2D eigenvalue weighted by molar-refractivity contribution is -0.130. The number of methoxy groups -OCH3 is 1. The van der Waals surface area contributed by atoms with Crippen LogP contribution in [-0.2, 0) is 20.8 Å². The number of aryl methyl sites for hydroxylation is 1. The van der Waals surface area contributed by atoms with Crippen LogP contribution in [0.5, 0.6) is 0 Å². The Morgan fingerprint density at radius 3 is 3.20 bits per heavy atom. The van der Waals surface area contributed by atoms with E-state index in [0.29, 0.717) is 12.5 Å². The molecule has 1 aliphatic carbocycles. The lowest BCUT2D eigenvalue weighted by Crippen LogP contribution is -2.63. The summed E-state index contributed by atoms with van der Waals surface area (Å²) in [5, 5.41) is 7.26. The summed E-state index contributed by atoms with van der Waals surface area (Å²) in [7, 11) is 1.69. The van der Waals surface area contributed by atoms with Gasteiger partial charge < -0.3 is 14.8 Å². The molecule has 1 aromatic heterocycles. The first-order valence-electron chi connectivity index (χ1n) is 7.08. The largest absolute Gasteiger partial charge is 0.384 e. The molecule has 1 amide bonds. The van der Waals surface area contributed by atoms with Crippen molar-refractivity contribution in [2.75, 3.05) is 20.3 Å². The minimum Gasteiger partial charge on any atom is -0.384 e. The fourth-order valence-electron chi connectivity index (χ4n) is 3.37. The molecule has 20 heavy (non-hydrogen) atoms. The van der Waals surface area contributed by atoms with Gasteiger partial charge in [0.15, 0.2) is 0 Å². The van der Waals surface area contributed by atoms with Crippen LogP contribution >= 0.6 is 0 Å². The Hall–Kier alpha value is -1.40. The zero-order valence-electron chi connectivity index (χ0n) is 11.9. The third kappa shape index (κ3) is 2.45. The summed E-state index contributed by atoms with van der Waals surface area (Å²) in [4.78, 5) is 12.1. The summed E-state index contributed by atoms with van der Waals surface area (Å²) in [5.74, 6) is 0.721. The van der Waals surface area contributed by atoms with Crippen LogP contribution in [0.2, 0.25) is 0 Å². The third-order valence-electron chi connectivity index (χ3n) is 4.28. The van der Waals surface area contributed by atoms with E-state index in [0.717, 1.165) is 18.6 Å². The van der Waals surface area contributed by atoms with Gasteiger partial charge in [-0.1, -0.05) is 0 Å². The van der Waals surface area contributed by atoms with E-state index in [-0.39, 0.29) is 30.5 Å². The maximum atomic E-state index is 12.1. The zero-order valence-corrected chi connectivity index (χ0v) is 11.9. The van der Waals surface area contributed by atoms with Crippen molar-refractivity contribution < 1.29 is 14.3 Å². The smallest absolute Gasteiger partial charge is 0.241 e. The predicted octanol–water partition coefficient (Wildman–Crippen LogP) is 0.358. The molecule has 0 aromatic carbocycles. The normalized spacial score (nSPS) is 31.7. The molecule has 0 spiro atoms. The van der Waals surface area contributed by atoms with Crippen molar-refractivity contribution in [3.63, 3.8) is 0 Å². The molecule has 4 atom stereocenters. The lowest BCUT2D eigenvalue weighted by atomic mass is 9.67. The molecule has 3 rings (SSSR count). The molecule has 0 unspecified atom stereocenters. The van der Waals surface area contributed by atoms with E-state index >= 15 is 0 Å². The first-order valence-corrected chi connectivity index (χ1v) is 7.08. The molecule has 6 heteroatoms. The Bertz CT molecular complexity index is 488. The highest BCUT2D eigenvalue weighted by molar-refractivity contribution is 5.76. The average molecular weight is 279 g/mol. The standard InChI is InChI=1S/C14H21N3O3/c1-9-5-15-17(6-9)7-12(18)16-13-10-3-4-20-14(10)11(13)8-19-2/h5-6,10-11,13-14H,3-4,7-8H2,1-2H3,(H,16,18)/t10-,11+,13+,14-/m1/s1. The van der Waals surface area contributed by atoms with Gasteiger partial charge in [-0.05, 0) is 18.9 Å². The fourth-order valence-corrected chi connectivity index (χ4v) is 3.37. The van der Waals surface area contributed by atoms with Crippen molar-refractivity contribution in [3.05, 3.63) is 18.0 Å². The molecule has 2 aliphatic rings. The van der Waals surface area contributed by atoms with Crippen LogP contribution in [0.25, 0.3) is 0 Å². The van der Waals surface area contributed by atoms with Crippen LogP contribution in [0, 0.1) is 18.8 Å². The van der Waals surface area contributed by atoms with E-state index in [2.05, 4.69) is 10.4 Å². The molecule has 0 radical (unpaired) electrons. The topological polar surface area (TPSA) is 65.4 Å². The Morgan fingerprint density at radius 2 is 2.50 bits per heavy atom. The maximum absolute atomic E-state index is 12.1.